The molecule has 1 N–H and O–H groups in total. The number of nitrogens with zero attached hydrogens (tertiary/aromatic N) is 1. The predicted molar refractivity (Wildman–Crippen MR) is 89.6 cm³/mol. The Kier molecular flexibility index (Phi) is 4.17. The van der Waals surface area contributed by atoms with Gasteiger partial charge in [-0.15, -0.1) is 0 Å². The van der Waals surface area contributed by atoms with Crippen LogP contribution in [0.3, 0.4) is 0 Å². The lowest BCUT2D eigenvalue weighted by Gasteiger charge is -2.41. The third-order valence-electron chi connectivity index (χ3n) is 4.09. The molecule has 1 aromatic carbocycles. The molecular formula is C17H25ClN2. The maximum absolute atomic E-state index is 6.46. The molecule has 1 aromatic rings. The summed E-state index contributed by atoms with van der Waals surface area (Å²) in [5.74, 6) is 0. The van der Waals surface area contributed by atoms with E-state index in [-0.39, 0.29) is 5.54 Å². The summed E-state index contributed by atoms with van der Waals surface area (Å²) < 4.78 is 0. The first kappa shape index (κ1) is 15.4. The molecule has 0 fully saturated rings. The smallest absolute Gasteiger partial charge is 0.0531 e. The molecule has 0 radical (unpaired) electrons. The van der Waals surface area contributed by atoms with Crippen molar-refractivity contribution < 1.29 is 0 Å². The lowest BCUT2D eigenvalue weighted by atomic mass is 9.88. The summed E-state index contributed by atoms with van der Waals surface area (Å²) in [4.78, 5) is 2.29. The average Bonchev–Trinajstić information content (AvgIpc) is 2.33. The number of halogens is 1. The zero-order valence-electron chi connectivity index (χ0n) is 13.3. The Morgan fingerprint density at radius 1 is 1.30 bits per heavy atom. The Hall–Kier alpha value is -0.990. The normalized spacial score (nSPS) is 17.2. The van der Waals surface area contributed by atoms with Crippen molar-refractivity contribution in [1.82, 2.24) is 5.32 Å². The van der Waals surface area contributed by atoms with E-state index in [1.807, 2.05) is 0 Å². The van der Waals surface area contributed by atoms with Gasteiger partial charge in [0.15, 0.2) is 0 Å². The van der Waals surface area contributed by atoms with Crippen LogP contribution in [0.2, 0.25) is 5.02 Å². The topological polar surface area (TPSA) is 15.3 Å². The summed E-state index contributed by atoms with van der Waals surface area (Å²) in [6.45, 7) is 11.7. The summed E-state index contributed by atoms with van der Waals surface area (Å²) in [7, 11) is 2.13. The predicted octanol–water partition coefficient (Wildman–Crippen LogP) is 4.47. The maximum atomic E-state index is 6.46. The fourth-order valence-corrected chi connectivity index (χ4v) is 2.89. The Bertz CT molecular complexity index is 544. The number of hydrogen-bond donors (Lipinski definition) is 1. The molecule has 2 rings (SSSR count). The fraction of sp³-hybridized carbons (Fsp3) is 0.529. The van der Waals surface area contributed by atoms with Crippen LogP contribution in [0.1, 0.15) is 45.7 Å². The molecule has 1 heterocycles. The standard InChI is InChI=1S/C17H25ClN2/c1-11(2)19-10-13-7-14-12(3)9-17(4,5)20(6)16(14)8-15(13)18/h7-9,11,19H,10H2,1-6H3. The first-order valence-electron chi connectivity index (χ1n) is 7.22. The number of allylic oxidation sites excluding steroid dienone is 1. The molecule has 2 nitrogen and oxygen atoms in total. The van der Waals surface area contributed by atoms with E-state index in [2.05, 4.69) is 70.1 Å². The van der Waals surface area contributed by atoms with Crippen LogP contribution in [0.15, 0.2) is 18.2 Å². The first-order valence-corrected chi connectivity index (χ1v) is 7.59. The van der Waals surface area contributed by atoms with E-state index in [1.54, 1.807) is 0 Å². The first-order chi connectivity index (χ1) is 9.22. The Morgan fingerprint density at radius 2 is 1.95 bits per heavy atom. The van der Waals surface area contributed by atoms with Gasteiger partial charge in [0.05, 0.1) is 5.54 Å². The summed E-state index contributed by atoms with van der Waals surface area (Å²) in [6, 6.07) is 4.79. The molecule has 0 spiro atoms. The van der Waals surface area contributed by atoms with Crippen LogP contribution in [0.25, 0.3) is 5.57 Å². The van der Waals surface area contributed by atoms with E-state index in [9.17, 15) is 0 Å². The number of nitrogens with one attached hydrogen (secondary N) is 1. The summed E-state index contributed by atoms with van der Waals surface area (Å²) in [6.07, 6.45) is 2.32. The van der Waals surface area contributed by atoms with Gasteiger partial charge in [-0.25, -0.2) is 0 Å². The van der Waals surface area contributed by atoms with Crippen molar-refractivity contribution in [2.24, 2.45) is 0 Å². The lowest BCUT2D eigenvalue weighted by molar-refractivity contribution is 0.586. The molecule has 0 amide bonds. The monoisotopic (exact) mass is 292 g/mol. The van der Waals surface area contributed by atoms with Gasteiger partial charge in [-0.1, -0.05) is 31.5 Å². The third-order valence-corrected chi connectivity index (χ3v) is 4.44. The zero-order valence-corrected chi connectivity index (χ0v) is 14.1. The third kappa shape index (κ3) is 2.87. The van der Waals surface area contributed by atoms with Crippen LogP contribution in [0.4, 0.5) is 5.69 Å². The fourth-order valence-electron chi connectivity index (χ4n) is 2.67. The summed E-state index contributed by atoms with van der Waals surface area (Å²) in [5.41, 5.74) is 5.02. The van der Waals surface area contributed by atoms with Crippen LogP contribution in [-0.2, 0) is 6.54 Å². The van der Waals surface area contributed by atoms with Crippen LogP contribution in [0.5, 0.6) is 0 Å². The van der Waals surface area contributed by atoms with Crippen molar-refractivity contribution in [3.8, 4) is 0 Å². The van der Waals surface area contributed by atoms with Crippen LogP contribution >= 0.6 is 11.6 Å². The highest BCUT2D eigenvalue weighted by Crippen LogP contribution is 2.40. The molecule has 20 heavy (non-hydrogen) atoms. The number of rotatable bonds is 3. The van der Waals surface area contributed by atoms with Gasteiger partial charge in [-0.3, -0.25) is 0 Å². The zero-order chi connectivity index (χ0) is 15.1. The van der Waals surface area contributed by atoms with Gasteiger partial charge < -0.3 is 10.2 Å². The highest BCUT2D eigenvalue weighted by atomic mass is 35.5. The molecule has 0 saturated carbocycles. The Labute approximate surface area is 127 Å². The van der Waals surface area contributed by atoms with Gasteiger partial charge in [0.1, 0.15) is 0 Å². The highest BCUT2D eigenvalue weighted by Gasteiger charge is 2.29. The second-order valence-electron chi connectivity index (χ2n) is 6.54. The number of fused-ring (bicyclic) bond motifs is 1. The molecule has 0 aliphatic carbocycles. The minimum Gasteiger partial charge on any atom is -0.365 e. The SMILES string of the molecule is CC1=CC(C)(C)N(C)c2cc(Cl)c(CNC(C)C)cc21. The molecule has 1 aliphatic rings. The summed E-state index contributed by atoms with van der Waals surface area (Å²) in [5, 5.41) is 4.28. The minimum absolute atomic E-state index is 0.0259. The lowest BCUT2D eigenvalue weighted by Crippen LogP contribution is -2.42. The average molecular weight is 293 g/mol. The molecule has 110 valence electrons. The molecule has 1 aliphatic heterocycles. The van der Waals surface area contributed by atoms with E-state index in [0.717, 1.165) is 11.6 Å². The van der Waals surface area contributed by atoms with Gasteiger partial charge in [-0.2, -0.15) is 0 Å². The van der Waals surface area contributed by atoms with Crippen LogP contribution < -0.4 is 10.2 Å². The molecule has 0 saturated heterocycles. The van der Waals surface area contributed by atoms with E-state index in [4.69, 9.17) is 11.6 Å². The minimum atomic E-state index is 0.0259. The van der Waals surface area contributed by atoms with Crippen molar-refractivity contribution in [2.75, 3.05) is 11.9 Å². The van der Waals surface area contributed by atoms with E-state index in [1.165, 1.54) is 22.4 Å². The quantitative estimate of drug-likeness (QED) is 0.884. The molecular weight excluding hydrogens is 268 g/mol. The number of anilines is 1. The van der Waals surface area contributed by atoms with Gasteiger partial charge in [0, 0.05) is 35.9 Å². The second-order valence-corrected chi connectivity index (χ2v) is 6.94. The number of benzene rings is 1. The van der Waals surface area contributed by atoms with Crippen molar-refractivity contribution in [2.45, 2.75) is 52.7 Å². The van der Waals surface area contributed by atoms with Crippen molar-refractivity contribution >= 4 is 22.9 Å². The number of likely N-dealkylation sites (N-methyl/N-ethyl adjacent to an activating group) is 1. The van der Waals surface area contributed by atoms with E-state index >= 15 is 0 Å². The second kappa shape index (κ2) is 5.42. The van der Waals surface area contributed by atoms with Crippen LogP contribution in [-0.4, -0.2) is 18.6 Å². The molecule has 0 atom stereocenters. The maximum Gasteiger partial charge on any atom is 0.0531 e. The van der Waals surface area contributed by atoms with Crippen molar-refractivity contribution in [3.05, 3.63) is 34.4 Å². The van der Waals surface area contributed by atoms with Gasteiger partial charge in [0.25, 0.3) is 0 Å². The van der Waals surface area contributed by atoms with E-state index in [0.29, 0.717) is 6.04 Å². The largest absolute Gasteiger partial charge is 0.365 e. The Morgan fingerprint density at radius 3 is 2.55 bits per heavy atom. The van der Waals surface area contributed by atoms with Gasteiger partial charge >= 0.3 is 0 Å². The van der Waals surface area contributed by atoms with Gasteiger partial charge in [0.2, 0.25) is 0 Å². The number of hydrogen-bond acceptors (Lipinski definition) is 2. The van der Waals surface area contributed by atoms with Gasteiger partial charge in [-0.05, 0) is 44.0 Å². The van der Waals surface area contributed by atoms with Crippen molar-refractivity contribution in [3.63, 3.8) is 0 Å². The molecule has 0 aromatic heterocycles. The van der Waals surface area contributed by atoms with Crippen molar-refractivity contribution in [1.29, 1.82) is 0 Å². The molecule has 0 bridgehead atoms. The Balaban J connectivity index is 2.44. The van der Waals surface area contributed by atoms with Crippen LogP contribution in [0, 0.1) is 0 Å². The molecule has 3 heteroatoms. The highest BCUT2D eigenvalue weighted by molar-refractivity contribution is 6.31. The molecule has 0 unspecified atom stereocenters. The van der Waals surface area contributed by atoms with E-state index < -0.39 is 0 Å². The summed E-state index contributed by atoms with van der Waals surface area (Å²) >= 11 is 6.46.